The highest BCUT2D eigenvalue weighted by atomic mass is 16.6. The van der Waals surface area contributed by atoms with E-state index in [0.717, 1.165) is 19.4 Å². The van der Waals surface area contributed by atoms with Crippen LogP contribution < -0.4 is 10.6 Å². The molecule has 0 saturated carbocycles. The fourth-order valence-corrected chi connectivity index (χ4v) is 2.44. The smallest absolute Gasteiger partial charge is 0.270 e. The number of aromatic nitrogens is 2. The summed E-state index contributed by atoms with van der Waals surface area (Å²) in [5.41, 5.74) is 1.26. The second-order valence-electron chi connectivity index (χ2n) is 5.11. The molecule has 1 aliphatic heterocycles. The quantitative estimate of drug-likeness (QED) is 0.587. The molecule has 2 heterocycles. The summed E-state index contributed by atoms with van der Waals surface area (Å²) in [7, 11) is 0. The molecule has 1 atom stereocenters. The number of carbonyl (C=O) groups excluding carboxylic acids is 1. The van der Waals surface area contributed by atoms with Crippen LogP contribution in [-0.4, -0.2) is 33.6 Å². The molecule has 1 unspecified atom stereocenters. The van der Waals surface area contributed by atoms with E-state index in [1.54, 1.807) is 18.2 Å². The van der Waals surface area contributed by atoms with Gasteiger partial charge in [-0.1, -0.05) is 12.1 Å². The Labute approximate surface area is 126 Å². The molecule has 1 saturated heterocycles. The van der Waals surface area contributed by atoms with Gasteiger partial charge in [-0.15, -0.1) is 0 Å². The third-order valence-electron chi connectivity index (χ3n) is 3.57. The van der Waals surface area contributed by atoms with Gasteiger partial charge in [0, 0.05) is 23.8 Å². The van der Waals surface area contributed by atoms with E-state index in [0.29, 0.717) is 17.1 Å². The topological polar surface area (TPSA) is 113 Å². The maximum atomic E-state index is 12.0. The fraction of sp³-hybridized carbons (Fsp3) is 0.286. The molecule has 3 rings (SSSR count). The van der Waals surface area contributed by atoms with Crippen LogP contribution in [0.25, 0.3) is 11.3 Å². The van der Waals surface area contributed by atoms with Crippen molar-refractivity contribution in [3.63, 3.8) is 0 Å². The van der Waals surface area contributed by atoms with Crippen molar-refractivity contribution in [1.29, 1.82) is 0 Å². The lowest BCUT2D eigenvalue weighted by molar-refractivity contribution is -0.384. The number of aromatic amines is 1. The molecule has 1 aliphatic rings. The van der Waals surface area contributed by atoms with Gasteiger partial charge in [0.05, 0.1) is 16.7 Å². The summed E-state index contributed by atoms with van der Waals surface area (Å²) in [6.07, 6.45) is 1.80. The van der Waals surface area contributed by atoms with Crippen molar-refractivity contribution in [2.24, 2.45) is 0 Å². The van der Waals surface area contributed by atoms with E-state index in [-0.39, 0.29) is 17.6 Å². The van der Waals surface area contributed by atoms with Crippen molar-refractivity contribution in [3.8, 4) is 11.3 Å². The lowest BCUT2D eigenvalue weighted by Crippen LogP contribution is -2.35. The molecule has 0 spiro atoms. The van der Waals surface area contributed by atoms with E-state index in [2.05, 4.69) is 20.8 Å². The van der Waals surface area contributed by atoms with Crippen molar-refractivity contribution in [3.05, 3.63) is 40.4 Å². The highest BCUT2D eigenvalue weighted by Crippen LogP contribution is 2.24. The molecule has 1 fully saturated rings. The molecular formula is C14H15N5O3. The molecule has 8 heteroatoms. The van der Waals surface area contributed by atoms with Gasteiger partial charge in [0.2, 0.25) is 5.91 Å². The predicted molar refractivity (Wildman–Crippen MR) is 80.3 cm³/mol. The number of amides is 1. The number of benzene rings is 1. The maximum Gasteiger partial charge on any atom is 0.270 e. The van der Waals surface area contributed by atoms with E-state index in [1.807, 2.05) is 0 Å². The Balaban J connectivity index is 1.74. The van der Waals surface area contributed by atoms with Gasteiger partial charge < -0.3 is 10.6 Å². The minimum Gasteiger partial charge on any atom is -0.308 e. The SMILES string of the molecule is O=C(Nc1cc(-c2cccc([N+](=O)[O-])c2)[nH]n1)C1CCCN1. The molecule has 1 aromatic carbocycles. The Hall–Kier alpha value is -2.74. The van der Waals surface area contributed by atoms with Gasteiger partial charge in [0.25, 0.3) is 5.69 Å². The second-order valence-corrected chi connectivity index (χ2v) is 5.11. The normalized spacial score (nSPS) is 17.4. The zero-order valence-corrected chi connectivity index (χ0v) is 11.7. The van der Waals surface area contributed by atoms with Crippen LogP contribution in [-0.2, 0) is 4.79 Å². The van der Waals surface area contributed by atoms with Gasteiger partial charge in [0.1, 0.15) is 0 Å². The van der Waals surface area contributed by atoms with Crippen LogP contribution in [0.3, 0.4) is 0 Å². The second kappa shape index (κ2) is 5.94. The first kappa shape index (κ1) is 14.2. The zero-order chi connectivity index (χ0) is 15.5. The molecule has 1 amide bonds. The molecule has 0 bridgehead atoms. The van der Waals surface area contributed by atoms with Gasteiger partial charge in [-0.2, -0.15) is 5.10 Å². The number of nitrogens with zero attached hydrogens (tertiary/aromatic N) is 2. The first-order valence-electron chi connectivity index (χ1n) is 6.98. The molecule has 0 aliphatic carbocycles. The van der Waals surface area contributed by atoms with Crippen LogP contribution in [0.15, 0.2) is 30.3 Å². The third-order valence-corrected chi connectivity index (χ3v) is 3.57. The molecule has 0 radical (unpaired) electrons. The number of carbonyl (C=O) groups is 1. The van der Waals surface area contributed by atoms with Crippen LogP contribution >= 0.6 is 0 Å². The number of rotatable bonds is 4. The highest BCUT2D eigenvalue weighted by molar-refractivity contribution is 5.94. The molecular weight excluding hydrogens is 286 g/mol. The fourth-order valence-electron chi connectivity index (χ4n) is 2.44. The minimum absolute atomic E-state index is 0.00726. The monoisotopic (exact) mass is 301 g/mol. The third kappa shape index (κ3) is 2.96. The maximum absolute atomic E-state index is 12.0. The van der Waals surface area contributed by atoms with Crippen LogP contribution in [0.5, 0.6) is 0 Å². The number of non-ortho nitro benzene ring substituents is 1. The first-order chi connectivity index (χ1) is 10.6. The lowest BCUT2D eigenvalue weighted by atomic mass is 10.1. The van der Waals surface area contributed by atoms with E-state index in [1.165, 1.54) is 12.1 Å². The van der Waals surface area contributed by atoms with Gasteiger partial charge >= 0.3 is 0 Å². The van der Waals surface area contributed by atoms with Crippen LogP contribution in [0, 0.1) is 10.1 Å². The number of hydrogen-bond donors (Lipinski definition) is 3. The first-order valence-corrected chi connectivity index (χ1v) is 6.98. The summed E-state index contributed by atoms with van der Waals surface area (Å²) in [6.45, 7) is 0.845. The van der Waals surface area contributed by atoms with Gasteiger partial charge in [-0.25, -0.2) is 0 Å². The number of nitro groups is 1. The molecule has 8 nitrogen and oxygen atoms in total. The van der Waals surface area contributed by atoms with Crippen LogP contribution in [0.2, 0.25) is 0 Å². The molecule has 1 aromatic heterocycles. The Morgan fingerprint density at radius 3 is 3.00 bits per heavy atom. The summed E-state index contributed by atoms with van der Waals surface area (Å²) in [6, 6.07) is 7.70. The summed E-state index contributed by atoms with van der Waals surface area (Å²) < 4.78 is 0. The predicted octanol–water partition coefficient (Wildman–Crippen LogP) is 1.68. The number of H-pyrrole nitrogens is 1. The zero-order valence-electron chi connectivity index (χ0n) is 11.7. The van der Waals surface area contributed by atoms with Crippen molar-refractivity contribution in [1.82, 2.24) is 15.5 Å². The summed E-state index contributed by atoms with van der Waals surface area (Å²) in [4.78, 5) is 22.3. The van der Waals surface area contributed by atoms with Crippen molar-refractivity contribution in [2.45, 2.75) is 18.9 Å². The highest BCUT2D eigenvalue weighted by Gasteiger charge is 2.22. The number of nitrogens with one attached hydrogen (secondary N) is 3. The molecule has 22 heavy (non-hydrogen) atoms. The van der Waals surface area contributed by atoms with Crippen molar-refractivity contribution in [2.75, 3.05) is 11.9 Å². The Morgan fingerprint density at radius 1 is 1.41 bits per heavy atom. The van der Waals surface area contributed by atoms with Gasteiger partial charge in [-0.3, -0.25) is 20.0 Å². The Bertz CT molecular complexity index is 706. The number of anilines is 1. The average molecular weight is 301 g/mol. The molecule has 2 aromatic rings. The standard InChI is InChI=1S/C14H15N5O3/c20-14(11-5-2-6-15-11)16-13-8-12(17-18-13)9-3-1-4-10(7-9)19(21)22/h1,3-4,7-8,11,15H,2,5-6H2,(H2,16,17,18,20). The lowest BCUT2D eigenvalue weighted by Gasteiger charge is -2.08. The Morgan fingerprint density at radius 2 is 2.27 bits per heavy atom. The van der Waals surface area contributed by atoms with Crippen molar-refractivity contribution >= 4 is 17.4 Å². The van der Waals surface area contributed by atoms with Crippen molar-refractivity contribution < 1.29 is 9.72 Å². The van der Waals surface area contributed by atoms with E-state index in [9.17, 15) is 14.9 Å². The minimum atomic E-state index is -0.450. The molecule has 3 N–H and O–H groups in total. The summed E-state index contributed by atoms with van der Waals surface area (Å²) >= 11 is 0. The Kier molecular flexibility index (Phi) is 3.84. The number of hydrogen-bond acceptors (Lipinski definition) is 5. The largest absolute Gasteiger partial charge is 0.308 e. The van der Waals surface area contributed by atoms with E-state index < -0.39 is 4.92 Å². The average Bonchev–Trinajstić information content (AvgIpc) is 3.19. The number of nitro benzene ring substituents is 1. The van der Waals surface area contributed by atoms with E-state index >= 15 is 0 Å². The van der Waals surface area contributed by atoms with Crippen LogP contribution in [0.4, 0.5) is 11.5 Å². The molecule has 114 valence electrons. The van der Waals surface area contributed by atoms with E-state index in [4.69, 9.17) is 0 Å². The van der Waals surface area contributed by atoms with Gasteiger partial charge in [-0.05, 0) is 19.4 Å². The van der Waals surface area contributed by atoms with Gasteiger partial charge in [0.15, 0.2) is 5.82 Å². The summed E-state index contributed by atoms with van der Waals surface area (Å²) in [5, 5.41) is 23.4. The summed E-state index contributed by atoms with van der Waals surface area (Å²) in [5.74, 6) is 0.287. The van der Waals surface area contributed by atoms with Crippen LogP contribution in [0.1, 0.15) is 12.8 Å².